The van der Waals surface area contributed by atoms with Crippen LogP contribution in [0.4, 0.5) is 5.69 Å². The van der Waals surface area contributed by atoms with Gasteiger partial charge in [0.25, 0.3) is 0 Å². The molecule has 0 radical (unpaired) electrons. The van der Waals surface area contributed by atoms with Crippen molar-refractivity contribution in [2.24, 2.45) is 7.05 Å². The van der Waals surface area contributed by atoms with Gasteiger partial charge in [0, 0.05) is 19.4 Å². The third-order valence-corrected chi connectivity index (χ3v) is 2.70. The standard InChI is InChI=1S/C8H8IN3/c1-12-4-5(10)7-6(12)2-3-11-8(7)9/h2-4H,10H2,1H3. The summed E-state index contributed by atoms with van der Waals surface area (Å²) in [5.74, 6) is 0. The van der Waals surface area contributed by atoms with Crippen LogP contribution in [0.1, 0.15) is 0 Å². The number of pyridine rings is 1. The van der Waals surface area contributed by atoms with E-state index in [1.807, 2.05) is 23.9 Å². The first-order chi connectivity index (χ1) is 5.70. The van der Waals surface area contributed by atoms with Gasteiger partial charge in [0.2, 0.25) is 0 Å². The summed E-state index contributed by atoms with van der Waals surface area (Å²) in [6.45, 7) is 0. The summed E-state index contributed by atoms with van der Waals surface area (Å²) < 4.78 is 2.97. The van der Waals surface area contributed by atoms with Gasteiger partial charge >= 0.3 is 0 Å². The number of rotatable bonds is 0. The van der Waals surface area contributed by atoms with Gasteiger partial charge in [0.05, 0.1) is 16.6 Å². The van der Waals surface area contributed by atoms with Crippen LogP contribution in [0.5, 0.6) is 0 Å². The smallest absolute Gasteiger partial charge is 0.112 e. The van der Waals surface area contributed by atoms with Gasteiger partial charge in [-0.15, -0.1) is 0 Å². The largest absolute Gasteiger partial charge is 0.397 e. The van der Waals surface area contributed by atoms with Crippen LogP contribution in [-0.2, 0) is 7.05 Å². The summed E-state index contributed by atoms with van der Waals surface area (Å²) in [5.41, 5.74) is 7.74. The van der Waals surface area contributed by atoms with Gasteiger partial charge in [0.15, 0.2) is 0 Å². The highest BCUT2D eigenvalue weighted by Crippen LogP contribution is 2.25. The molecular weight excluding hydrogens is 265 g/mol. The van der Waals surface area contributed by atoms with Crippen LogP contribution in [0.2, 0.25) is 0 Å². The fraction of sp³-hybridized carbons (Fsp3) is 0.125. The highest BCUT2D eigenvalue weighted by molar-refractivity contribution is 14.1. The minimum absolute atomic E-state index is 0.796. The molecule has 0 saturated heterocycles. The van der Waals surface area contributed by atoms with Crippen LogP contribution in [0.15, 0.2) is 18.5 Å². The Bertz CT molecular complexity index is 433. The fourth-order valence-corrected chi connectivity index (χ4v) is 2.08. The van der Waals surface area contributed by atoms with Crippen molar-refractivity contribution in [1.29, 1.82) is 0 Å². The van der Waals surface area contributed by atoms with Crippen molar-refractivity contribution < 1.29 is 0 Å². The summed E-state index contributed by atoms with van der Waals surface area (Å²) in [5, 5.41) is 1.06. The van der Waals surface area contributed by atoms with E-state index in [4.69, 9.17) is 5.73 Å². The molecule has 0 fully saturated rings. The van der Waals surface area contributed by atoms with Crippen LogP contribution in [0.25, 0.3) is 10.9 Å². The average molecular weight is 273 g/mol. The molecule has 0 aliphatic carbocycles. The first kappa shape index (κ1) is 7.85. The van der Waals surface area contributed by atoms with E-state index >= 15 is 0 Å². The van der Waals surface area contributed by atoms with E-state index in [1.54, 1.807) is 6.20 Å². The van der Waals surface area contributed by atoms with Gasteiger partial charge in [-0.25, -0.2) is 4.98 Å². The van der Waals surface area contributed by atoms with Gasteiger partial charge in [-0.3, -0.25) is 0 Å². The van der Waals surface area contributed by atoms with Crippen LogP contribution in [0, 0.1) is 3.70 Å². The monoisotopic (exact) mass is 273 g/mol. The Morgan fingerprint density at radius 1 is 1.58 bits per heavy atom. The van der Waals surface area contributed by atoms with E-state index in [0.29, 0.717) is 0 Å². The zero-order chi connectivity index (χ0) is 8.72. The average Bonchev–Trinajstić information content (AvgIpc) is 2.29. The third-order valence-electron chi connectivity index (χ3n) is 1.88. The van der Waals surface area contributed by atoms with Crippen molar-refractivity contribution >= 4 is 39.2 Å². The molecule has 2 aromatic heterocycles. The molecule has 2 heterocycles. The maximum absolute atomic E-state index is 5.81. The molecule has 0 bridgehead atoms. The number of nitrogens with zero attached hydrogens (tertiary/aromatic N) is 2. The molecule has 0 unspecified atom stereocenters. The van der Waals surface area contributed by atoms with Gasteiger partial charge < -0.3 is 10.3 Å². The molecule has 2 aromatic rings. The van der Waals surface area contributed by atoms with Gasteiger partial charge in [-0.2, -0.15) is 0 Å². The molecule has 62 valence electrons. The molecule has 0 amide bonds. The molecule has 12 heavy (non-hydrogen) atoms. The Kier molecular flexibility index (Phi) is 1.71. The lowest BCUT2D eigenvalue weighted by Crippen LogP contribution is -1.86. The number of aromatic nitrogens is 2. The zero-order valence-electron chi connectivity index (χ0n) is 6.58. The van der Waals surface area contributed by atoms with Gasteiger partial charge in [0.1, 0.15) is 3.70 Å². The molecule has 0 aliphatic rings. The quantitative estimate of drug-likeness (QED) is 0.587. The third kappa shape index (κ3) is 0.979. The molecular formula is C8H8IN3. The predicted octanol–water partition coefficient (Wildman–Crippen LogP) is 1.76. The minimum Gasteiger partial charge on any atom is -0.397 e. The number of halogens is 1. The van der Waals surface area contributed by atoms with Crippen molar-refractivity contribution in [2.45, 2.75) is 0 Å². The second kappa shape index (κ2) is 2.62. The highest BCUT2D eigenvalue weighted by Gasteiger charge is 2.06. The van der Waals surface area contributed by atoms with Crippen molar-refractivity contribution in [3.63, 3.8) is 0 Å². The predicted molar refractivity (Wildman–Crippen MR) is 57.8 cm³/mol. The first-order valence-corrected chi connectivity index (χ1v) is 4.63. The van der Waals surface area contributed by atoms with E-state index < -0.39 is 0 Å². The van der Waals surface area contributed by atoms with E-state index in [-0.39, 0.29) is 0 Å². The summed E-state index contributed by atoms with van der Waals surface area (Å²) in [4.78, 5) is 4.17. The second-order valence-corrected chi connectivity index (χ2v) is 3.71. The van der Waals surface area contributed by atoms with Gasteiger partial charge in [-0.1, -0.05) is 0 Å². The van der Waals surface area contributed by atoms with E-state index in [2.05, 4.69) is 27.6 Å². The van der Waals surface area contributed by atoms with Crippen LogP contribution in [-0.4, -0.2) is 9.55 Å². The number of nitrogen functional groups attached to an aromatic ring is 1. The summed E-state index contributed by atoms with van der Waals surface area (Å²) in [7, 11) is 1.98. The number of anilines is 1. The highest BCUT2D eigenvalue weighted by atomic mass is 127. The Morgan fingerprint density at radius 3 is 3.00 bits per heavy atom. The van der Waals surface area contributed by atoms with Crippen LogP contribution < -0.4 is 5.73 Å². The SMILES string of the molecule is Cn1cc(N)c2c(I)nccc21. The Labute approximate surface area is 83.7 Å². The minimum atomic E-state index is 0.796. The lowest BCUT2D eigenvalue weighted by Gasteiger charge is -1.95. The number of aryl methyl sites for hydroxylation is 1. The van der Waals surface area contributed by atoms with E-state index in [0.717, 1.165) is 20.3 Å². The summed E-state index contributed by atoms with van der Waals surface area (Å²) >= 11 is 2.19. The molecule has 0 spiro atoms. The summed E-state index contributed by atoms with van der Waals surface area (Å²) in [6, 6.07) is 1.97. The molecule has 4 heteroatoms. The molecule has 0 aliphatic heterocycles. The maximum Gasteiger partial charge on any atom is 0.112 e. The Hall–Kier alpha value is -0.780. The molecule has 0 atom stereocenters. The molecule has 3 nitrogen and oxygen atoms in total. The van der Waals surface area contributed by atoms with Crippen molar-refractivity contribution in [2.75, 3.05) is 5.73 Å². The molecule has 2 rings (SSSR count). The summed E-state index contributed by atoms with van der Waals surface area (Å²) in [6.07, 6.45) is 3.71. The Morgan fingerprint density at radius 2 is 2.33 bits per heavy atom. The van der Waals surface area contributed by atoms with Crippen LogP contribution >= 0.6 is 22.6 Å². The van der Waals surface area contributed by atoms with Crippen molar-refractivity contribution in [3.8, 4) is 0 Å². The lowest BCUT2D eigenvalue weighted by atomic mass is 10.3. The Balaban J connectivity index is 2.99. The normalized spacial score (nSPS) is 10.8. The number of fused-ring (bicyclic) bond motifs is 1. The van der Waals surface area contributed by atoms with Crippen LogP contribution in [0.3, 0.4) is 0 Å². The number of hydrogen-bond donors (Lipinski definition) is 1. The number of nitrogens with two attached hydrogens (primary N) is 1. The molecule has 2 N–H and O–H groups in total. The fourth-order valence-electron chi connectivity index (χ4n) is 1.33. The van der Waals surface area contributed by atoms with Crippen molar-refractivity contribution in [3.05, 3.63) is 22.2 Å². The van der Waals surface area contributed by atoms with E-state index in [1.165, 1.54) is 0 Å². The topological polar surface area (TPSA) is 43.8 Å². The zero-order valence-corrected chi connectivity index (χ0v) is 8.74. The maximum atomic E-state index is 5.81. The second-order valence-electron chi connectivity index (χ2n) is 2.69. The first-order valence-electron chi connectivity index (χ1n) is 3.55. The van der Waals surface area contributed by atoms with Crippen molar-refractivity contribution in [1.82, 2.24) is 9.55 Å². The van der Waals surface area contributed by atoms with Gasteiger partial charge in [-0.05, 0) is 28.7 Å². The molecule has 0 saturated carbocycles. The number of hydrogen-bond acceptors (Lipinski definition) is 2. The van der Waals surface area contributed by atoms with E-state index in [9.17, 15) is 0 Å². The lowest BCUT2D eigenvalue weighted by molar-refractivity contribution is 0.969. The molecule has 0 aromatic carbocycles.